The van der Waals surface area contributed by atoms with Crippen molar-refractivity contribution in [2.24, 2.45) is 17.8 Å². The van der Waals surface area contributed by atoms with Crippen LogP contribution >= 0.6 is 0 Å². The number of aliphatic carboxylic acids is 1. The summed E-state index contributed by atoms with van der Waals surface area (Å²) in [5, 5.41) is 9.21. The molecule has 1 saturated carbocycles. The monoisotopic (exact) mass is 312 g/mol. The molecule has 128 valence electrons. The molecule has 0 aromatic rings. The quantitative estimate of drug-likeness (QED) is 0.479. The molecule has 3 atom stereocenters. The number of carboxylic acids is 1. The molecule has 0 amide bonds. The van der Waals surface area contributed by atoms with E-state index in [1.807, 2.05) is 0 Å². The molecule has 0 aromatic carbocycles. The number of ether oxygens (including phenoxy) is 1. The Bertz CT molecular complexity index is 340. The van der Waals surface area contributed by atoms with Crippen molar-refractivity contribution in [2.75, 3.05) is 6.61 Å². The van der Waals surface area contributed by atoms with Gasteiger partial charge in [0, 0.05) is 0 Å². The predicted octanol–water partition coefficient (Wildman–Crippen LogP) is 4.42. The lowest BCUT2D eigenvalue weighted by molar-refractivity contribution is -0.159. The molecule has 4 heteroatoms. The zero-order chi connectivity index (χ0) is 16.4. The Morgan fingerprint density at radius 3 is 2.32 bits per heavy atom. The Kier molecular flexibility index (Phi) is 9.17. The number of carboxylic acid groups (broad SMARTS) is 1. The van der Waals surface area contributed by atoms with Crippen LogP contribution in [0.25, 0.3) is 0 Å². The smallest absolute Gasteiger partial charge is 0.309 e. The van der Waals surface area contributed by atoms with E-state index in [0.29, 0.717) is 19.4 Å². The third-order valence-corrected chi connectivity index (χ3v) is 4.93. The summed E-state index contributed by atoms with van der Waals surface area (Å²) in [6.07, 6.45) is 9.99. The number of carbonyl (C=O) groups is 2. The SMILES string of the molecule is CCCCC(CC)CCCOC(=O)C1CCCCC1C(=O)O. The van der Waals surface area contributed by atoms with Crippen LogP contribution in [0.1, 0.15) is 78.1 Å². The number of hydrogen-bond donors (Lipinski definition) is 1. The van der Waals surface area contributed by atoms with Crippen LogP contribution in [0.3, 0.4) is 0 Å². The van der Waals surface area contributed by atoms with E-state index >= 15 is 0 Å². The van der Waals surface area contributed by atoms with Gasteiger partial charge in [0.25, 0.3) is 0 Å². The van der Waals surface area contributed by atoms with Gasteiger partial charge in [0.05, 0.1) is 18.4 Å². The maximum absolute atomic E-state index is 12.1. The fourth-order valence-electron chi connectivity index (χ4n) is 3.41. The van der Waals surface area contributed by atoms with E-state index in [4.69, 9.17) is 4.74 Å². The highest BCUT2D eigenvalue weighted by Gasteiger charge is 2.36. The first-order valence-corrected chi connectivity index (χ1v) is 8.99. The minimum absolute atomic E-state index is 0.297. The Labute approximate surface area is 134 Å². The summed E-state index contributed by atoms with van der Waals surface area (Å²) >= 11 is 0. The first kappa shape index (κ1) is 19.0. The standard InChI is InChI=1S/C18H32O4/c1-3-5-9-14(4-2)10-8-13-22-18(21)16-12-7-6-11-15(16)17(19)20/h14-16H,3-13H2,1-2H3,(H,19,20). The van der Waals surface area contributed by atoms with Gasteiger partial charge in [0.2, 0.25) is 0 Å². The van der Waals surface area contributed by atoms with Gasteiger partial charge in [-0.2, -0.15) is 0 Å². The van der Waals surface area contributed by atoms with Gasteiger partial charge >= 0.3 is 11.9 Å². The zero-order valence-corrected chi connectivity index (χ0v) is 14.2. The molecule has 1 aliphatic rings. The molecular weight excluding hydrogens is 280 g/mol. The summed E-state index contributed by atoms with van der Waals surface area (Å²) in [4.78, 5) is 23.3. The van der Waals surface area contributed by atoms with Crippen molar-refractivity contribution >= 4 is 11.9 Å². The average molecular weight is 312 g/mol. The van der Waals surface area contributed by atoms with Crippen molar-refractivity contribution in [3.8, 4) is 0 Å². The van der Waals surface area contributed by atoms with E-state index in [0.717, 1.165) is 31.6 Å². The molecule has 4 nitrogen and oxygen atoms in total. The van der Waals surface area contributed by atoms with E-state index in [1.54, 1.807) is 0 Å². The Morgan fingerprint density at radius 2 is 1.73 bits per heavy atom. The molecule has 0 radical (unpaired) electrons. The van der Waals surface area contributed by atoms with E-state index < -0.39 is 17.8 Å². The second-order valence-electron chi connectivity index (χ2n) is 6.56. The summed E-state index contributed by atoms with van der Waals surface area (Å²) in [5.41, 5.74) is 0. The fourth-order valence-corrected chi connectivity index (χ4v) is 3.41. The summed E-state index contributed by atoms with van der Waals surface area (Å²) in [6.45, 7) is 4.85. The molecule has 0 saturated heterocycles. The summed E-state index contributed by atoms with van der Waals surface area (Å²) in [7, 11) is 0. The number of esters is 1. The van der Waals surface area contributed by atoms with Crippen LogP contribution in [0.15, 0.2) is 0 Å². The Hall–Kier alpha value is -1.06. The van der Waals surface area contributed by atoms with Crippen molar-refractivity contribution < 1.29 is 19.4 Å². The maximum atomic E-state index is 12.1. The van der Waals surface area contributed by atoms with Crippen molar-refractivity contribution in [3.63, 3.8) is 0 Å². The normalized spacial score (nSPS) is 23.0. The van der Waals surface area contributed by atoms with Gasteiger partial charge in [-0.15, -0.1) is 0 Å². The average Bonchev–Trinajstić information content (AvgIpc) is 2.53. The van der Waals surface area contributed by atoms with Crippen LogP contribution in [0.2, 0.25) is 0 Å². The lowest BCUT2D eigenvalue weighted by Gasteiger charge is -2.26. The van der Waals surface area contributed by atoms with Crippen molar-refractivity contribution in [1.29, 1.82) is 0 Å². The van der Waals surface area contributed by atoms with E-state index in [2.05, 4.69) is 13.8 Å². The Balaban J connectivity index is 2.28. The highest BCUT2D eigenvalue weighted by atomic mass is 16.5. The van der Waals surface area contributed by atoms with Crippen molar-refractivity contribution in [1.82, 2.24) is 0 Å². The minimum atomic E-state index is -0.854. The van der Waals surface area contributed by atoms with Gasteiger partial charge in [0.1, 0.15) is 0 Å². The van der Waals surface area contributed by atoms with E-state index in [9.17, 15) is 14.7 Å². The zero-order valence-electron chi connectivity index (χ0n) is 14.2. The molecule has 0 aromatic heterocycles. The molecule has 0 heterocycles. The third-order valence-electron chi connectivity index (χ3n) is 4.93. The largest absolute Gasteiger partial charge is 0.481 e. The first-order chi connectivity index (χ1) is 10.6. The molecular formula is C18H32O4. The molecule has 3 unspecified atom stereocenters. The van der Waals surface area contributed by atoms with Crippen molar-refractivity contribution in [2.45, 2.75) is 78.1 Å². The lowest BCUT2D eigenvalue weighted by Crippen LogP contribution is -2.34. The van der Waals surface area contributed by atoms with Crippen LogP contribution in [-0.4, -0.2) is 23.7 Å². The van der Waals surface area contributed by atoms with E-state index in [1.165, 1.54) is 25.7 Å². The van der Waals surface area contributed by atoms with Gasteiger partial charge in [0.15, 0.2) is 0 Å². The number of carbonyl (C=O) groups excluding carboxylic acids is 1. The highest BCUT2D eigenvalue weighted by molar-refractivity contribution is 5.81. The first-order valence-electron chi connectivity index (χ1n) is 8.99. The molecule has 22 heavy (non-hydrogen) atoms. The number of rotatable bonds is 10. The number of unbranched alkanes of at least 4 members (excludes halogenated alkanes) is 1. The molecule has 0 bridgehead atoms. The lowest BCUT2D eigenvalue weighted by atomic mass is 9.79. The maximum Gasteiger partial charge on any atom is 0.309 e. The van der Waals surface area contributed by atoms with Gasteiger partial charge in [-0.05, 0) is 31.6 Å². The molecule has 1 aliphatic carbocycles. The molecule has 1 N–H and O–H groups in total. The van der Waals surface area contributed by atoms with Gasteiger partial charge in [-0.3, -0.25) is 9.59 Å². The fraction of sp³-hybridized carbons (Fsp3) is 0.889. The second-order valence-corrected chi connectivity index (χ2v) is 6.56. The Morgan fingerprint density at radius 1 is 1.09 bits per heavy atom. The van der Waals surface area contributed by atoms with E-state index in [-0.39, 0.29) is 5.97 Å². The van der Waals surface area contributed by atoms with Crippen LogP contribution in [-0.2, 0) is 14.3 Å². The van der Waals surface area contributed by atoms with Crippen LogP contribution in [0.5, 0.6) is 0 Å². The molecule has 1 rings (SSSR count). The summed E-state index contributed by atoms with van der Waals surface area (Å²) in [6, 6.07) is 0. The van der Waals surface area contributed by atoms with Crippen LogP contribution < -0.4 is 0 Å². The topological polar surface area (TPSA) is 63.6 Å². The van der Waals surface area contributed by atoms with Gasteiger partial charge in [-0.1, -0.05) is 52.4 Å². The van der Waals surface area contributed by atoms with Crippen molar-refractivity contribution in [3.05, 3.63) is 0 Å². The van der Waals surface area contributed by atoms with Gasteiger partial charge < -0.3 is 9.84 Å². The molecule has 0 aliphatic heterocycles. The number of hydrogen-bond acceptors (Lipinski definition) is 3. The molecule has 0 spiro atoms. The third kappa shape index (κ3) is 6.37. The highest BCUT2D eigenvalue weighted by Crippen LogP contribution is 2.31. The summed E-state index contributed by atoms with van der Waals surface area (Å²) < 4.78 is 5.36. The predicted molar refractivity (Wildman–Crippen MR) is 86.6 cm³/mol. The van der Waals surface area contributed by atoms with Crippen LogP contribution in [0.4, 0.5) is 0 Å². The summed E-state index contributed by atoms with van der Waals surface area (Å²) in [5.74, 6) is -1.41. The van der Waals surface area contributed by atoms with Crippen LogP contribution in [0, 0.1) is 17.8 Å². The minimum Gasteiger partial charge on any atom is -0.481 e. The molecule has 1 fully saturated rings. The van der Waals surface area contributed by atoms with Gasteiger partial charge in [-0.25, -0.2) is 0 Å². The second kappa shape index (κ2) is 10.6.